The number of benzene rings is 3. The second-order valence-electron chi connectivity index (χ2n) is 7.42. The van der Waals surface area contributed by atoms with Crippen molar-refractivity contribution in [3.05, 3.63) is 94.5 Å². The normalized spacial score (nSPS) is 14.4. The molecule has 1 unspecified atom stereocenters. The average molecular weight is 692 g/mol. The number of alkyl halides is 5. The predicted octanol–water partition coefficient (Wildman–Crippen LogP) is 7.17. The number of carbonyl (C=O) groups excluding carboxylic acids is 1. The van der Waals surface area contributed by atoms with Crippen molar-refractivity contribution in [1.82, 2.24) is 0 Å². The van der Waals surface area contributed by atoms with Gasteiger partial charge in [0, 0.05) is 55.3 Å². The fraction of sp³-hybridized carbons (Fsp3) is 0.208. The van der Waals surface area contributed by atoms with Crippen LogP contribution in [0.25, 0.3) is 16.9 Å². The van der Waals surface area contributed by atoms with E-state index in [2.05, 4.69) is 5.32 Å². The van der Waals surface area contributed by atoms with Gasteiger partial charge in [0.25, 0.3) is 5.91 Å². The van der Waals surface area contributed by atoms with Crippen LogP contribution in [-0.4, -0.2) is 18.9 Å². The molecule has 34 heavy (non-hydrogen) atoms. The van der Waals surface area contributed by atoms with Gasteiger partial charge in [-0.25, -0.2) is 13.2 Å². The molecule has 0 heterocycles. The molecule has 1 amide bonds. The zero-order valence-corrected chi connectivity index (χ0v) is 22.5. The van der Waals surface area contributed by atoms with Crippen molar-refractivity contribution < 1.29 is 75.2 Å². The second-order valence-corrected chi connectivity index (χ2v) is 7.42. The van der Waals surface area contributed by atoms with Gasteiger partial charge in [-0.3, -0.25) is 4.79 Å². The number of carbonyl (C=O) groups is 1. The topological polar surface area (TPSA) is 52.9 Å². The summed E-state index contributed by atoms with van der Waals surface area (Å²) in [5.41, 5.74) is 9.68. The Bertz CT molecular complexity index is 1150. The summed E-state index contributed by atoms with van der Waals surface area (Å²) >= 11 is 0. The molecule has 0 bridgehead atoms. The van der Waals surface area contributed by atoms with Crippen molar-refractivity contribution >= 4 is 11.6 Å². The molecular formula is C24H19AcF6N2O-. The Morgan fingerprint density at radius 2 is 1.62 bits per heavy atom. The van der Waals surface area contributed by atoms with Crippen LogP contribution >= 0.6 is 0 Å². The maximum atomic E-state index is 13.9. The zero-order chi connectivity index (χ0) is 24.2. The molecule has 3 aromatic rings. The first-order valence-corrected chi connectivity index (χ1v) is 9.85. The van der Waals surface area contributed by atoms with Crippen molar-refractivity contribution in [2.24, 2.45) is 0 Å². The second kappa shape index (κ2) is 12.2. The minimum Gasteiger partial charge on any atom is -0.674 e. The Morgan fingerprint density at radius 3 is 2.29 bits per heavy atom. The molecule has 1 aliphatic rings. The van der Waals surface area contributed by atoms with Gasteiger partial charge in [0.2, 0.25) is 6.93 Å². The average Bonchev–Trinajstić information content (AvgIpc) is 3.12. The van der Waals surface area contributed by atoms with Crippen LogP contribution in [0.3, 0.4) is 0 Å². The van der Waals surface area contributed by atoms with Crippen LogP contribution in [0.1, 0.15) is 27.0 Å². The monoisotopic (exact) mass is 692 g/mol. The molecule has 0 spiro atoms. The molecule has 0 fully saturated rings. The summed E-state index contributed by atoms with van der Waals surface area (Å²) < 4.78 is 72.4. The third-order valence-corrected chi connectivity index (χ3v) is 5.10. The van der Waals surface area contributed by atoms with E-state index in [0.717, 1.165) is 23.3 Å². The Balaban J connectivity index is 0.000000970. The molecule has 2 N–H and O–H groups in total. The van der Waals surface area contributed by atoms with Crippen LogP contribution in [0, 0.1) is 49.9 Å². The van der Waals surface area contributed by atoms with Gasteiger partial charge in [-0.15, -0.1) is 6.04 Å². The van der Waals surface area contributed by atoms with E-state index >= 15 is 0 Å². The van der Waals surface area contributed by atoms with Crippen molar-refractivity contribution in [1.29, 1.82) is 0 Å². The maximum absolute atomic E-state index is 13.9. The summed E-state index contributed by atoms with van der Waals surface area (Å²) in [6.07, 6.45) is -3.42. The van der Waals surface area contributed by atoms with Gasteiger partial charge < -0.3 is 11.1 Å². The minimum atomic E-state index is -4.70. The van der Waals surface area contributed by atoms with E-state index in [-0.39, 0.29) is 66.8 Å². The molecular weight excluding hydrogens is 673 g/mol. The fourth-order valence-electron chi connectivity index (χ4n) is 3.74. The van der Waals surface area contributed by atoms with Gasteiger partial charge in [-0.2, -0.15) is 13.2 Å². The van der Waals surface area contributed by atoms with Crippen LogP contribution in [0.15, 0.2) is 60.7 Å². The third-order valence-electron chi connectivity index (χ3n) is 5.10. The van der Waals surface area contributed by atoms with E-state index in [0.29, 0.717) is 24.6 Å². The fourth-order valence-corrected chi connectivity index (χ4v) is 3.74. The Kier molecular flexibility index (Phi) is 10.2. The number of amides is 1. The first-order chi connectivity index (χ1) is 15.6. The van der Waals surface area contributed by atoms with Crippen LogP contribution in [0.2, 0.25) is 0 Å². The first kappa shape index (κ1) is 28.3. The van der Waals surface area contributed by atoms with Crippen molar-refractivity contribution in [3.63, 3.8) is 0 Å². The zero-order valence-electron chi connectivity index (χ0n) is 17.7. The molecule has 3 aromatic carbocycles. The van der Waals surface area contributed by atoms with Crippen LogP contribution in [0.4, 0.5) is 32.0 Å². The third kappa shape index (κ3) is 7.06. The standard InChI is InChI=1S/C23H17F4N2O.CH2F2.Ac/c24-17-8-15(7-16(12-17)23(25,26)27)20-3-1-2-4-21(20)22(30)29-19-6-5-13-9-18(28)10-14(13)11-19;2-1-3;/h1-8,11-12,18,28H,9-10H2,(H,29,30);1H2;/q-1;;. The van der Waals surface area contributed by atoms with E-state index in [4.69, 9.17) is 5.73 Å². The van der Waals surface area contributed by atoms with E-state index in [9.17, 15) is 31.1 Å². The molecule has 10 heteroatoms. The van der Waals surface area contributed by atoms with Gasteiger partial charge in [0.05, 0.1) is 5.56 Å². The molecule has 1 atom stereocenters. The Hall–Kier alpha value is -1.89. The van der Waals surface area contributed by atoms with E-state index in [1.54, 1.807) is 18.2 Å². The summed E-state index contributed by atoms with van der Waals surface area (Å²) in [4.78, 5) is 12.9. The number of hydrogen-bond acceptors (Lipinski definition) is 1. The number of rotatable bonds is 3. The molecule has 0 aromatic heterocycles. The van der Waals surface area contributed by atoms with Crippen molar-refractivity contribution in [2.45, 2.75) is 25.1 Å². The summed E-state index contributed by atoms with van der Waals surface area (Å²) in [5.74, 6) is -1.54. The smallest absolute Gasteiger partial charge is 0.416 e. The summed E-state index contributed by atoms with van der Waals surface area (Å²) in [5, 5.41) is 2.76. The molecule has 177 valence electrons. The van der Waals surface area contributed by atoms with Crippen LogP contribution < -0.4 is 5.32 Å². The SMILES string of the molecule is FCF.[Ac].[NH-]C1Cc2ccc(NC(=O)c3ccccc3-c3cc(F)cc(C(F)(F)F)c3)cc2C1. The van der Waals surface area contributed by atoms with Gasteiger partial charge in [0.1, 0.15) is 5.82 Å². The first-order valence-electron chi connectivity index (χ1n) is 9.85. The van der Waals surface area contributed by atoms with Crippen molar-refractivity contribution in [3.8, 4) is 11.1 Å². The van der Waals surface area contributed by atoms with E-state index in [1.165, 1.54) is 12.1 Å². The molecule has 1 radical (unpaired) electrons. The van der Waals surface area contributed by atoms with Crippen molar-refractivity contribution in [2.75, 3.05) is 12.2 Å². The molecule has 4 rings (SSSR count). The van der Waals surface area contributed by atoms with E-state index < -0.39 is 30.4 Å². The summed E-state index contributed by atoms with van der Waals surface area (Å²) in [6.45, 7) is -1.75. The number of hydrogen-bond donors (Lipinski definition) is 1. The molecule has 0 saturated carbocycles. The number of anilines is 1. The molecule has 0 aliphatic heterocycles. The Labute approximate surface area is 228 Å². The van der Waals surface area contributed by atoms with Gasteiger partial charge in [0.15, 0.2) is 0 Å². The largest absolute Gasteiger partial charge is 0.674 e. The number of halogens is 6. The van der Waals surface area contributed by atoms with Crippen LogP contribution in [0.5, 0.6) is 0 Å². The van der Waals surface area contributed by atoms with Crippen LogP contribution in [-0.2, 0) is 19.0 Å². The van der Waals surface area contributed by atoms with Gasteiger partial charge >= 0.3 is 6.18 Å². The number of nitrogens with one attached hydrogen (secondary N) is 2. The summed E-state index contributed by atoms with van der Waals surface area (Å²) in [6, 6.07) is 13.6. The predicted molar refractivity (Wildman–Crippen MR) is 114 cm³/mol. The number of fused-ring (bicyclic) bond motifs is 1. The van der Waals surface area contributed by atoms with Gasteiger partial charge in [-0.1, -0.05) is 24.3 Å². The minimum absolute atomic E-state index is 0. The summed E-state index contributed by atoms with van der Waals surface area (Å²) in [7, 11) is 0. The quantitative estimate of drug-likeness (QED) is 0.291. The van der Waals surface area contributed by atoms with E-state index in [1.807, 2.05) is 12.1 Å². The molecule has 3 nitrogen and oxygen atoms in total. The molecule has 0 saturated heterocycles. The Morgan fingerprint density at radius 1 is 0.971 bits per heavy atom. The maximum Gasteiger partial charge on any atom is 0.416 e. The molecule has 1 aliphatic carbocycles. The van der Waals surface area contributed by atoms with Gasteiger partial charge in [-0.05, 0) is 71.5 Å².